The third-order valence-electron chi connectivity index (χ3n) is 2.99. The first kappa shape index (κ1) is 11.7. The smallest absolute Gasteiger partial charge is 0.00882 e. The summed E-state index contributed by atoms with van der Waals surface area (Å²) in [6.45, 7) is 4.20. The molecule has 2 aromatic carbocycles. The molecule has 2 rings (SSSR count). The van der Waals surface area contributed by atoms with Gasteiger partial charge in [0.05, 0.1) is 0 Å². The van der Waals surface area contributed by atoms with E-state index in [0.717, 1.165) is 6.42 Å². The predicted octanol–water partition coefficient (Wildman–Crippen LogP) is 2.82. The van der Waals surface area contributed by atoms with Gasteiger partial charge in [0.2, 0.25) is 0 Å². The summed E-state index contributed by atoms with van der Waals surface area (Å²) < 4.78 is 0. The van der Waals surface area contributed by atoms with Crippen molar-refractivity contribution in [3.05, 3.63) is 70.1 Å². The van der Waals surface area contributed by atoms with Crippen molar-refractivity contribution in [3.63, 3.8) is 0 Å². The maximum absolute atomic E-state index is 2.29. The lowest BCUT2D eigenvalue weighted by Gasteiger charge is -1.97. The molecule has 86 valence electrons. The molecular formula is C17H18. The zero-order chi connectivity index (χ0) is 12.1. The van der Waals surface area contributed by atoms with Crippen molar-refractivity contribution in [2.75, 3.05) is 0 Å². The number of aryl methyl sites for hydroxylation is 1. The molecule has 0 aliphatic carbocycles. The number of hydrogen-bond acceptors (Lipinski definition) is 0. The number of rotatable bonds is 2. The lowest BCUT2D eigenvalue weighted by Crippen LogP contribution is -2.23. The van der Waals surface area contributed by atoms with Gasteiger partial charge >= 0.3 is 0 Å². The lowest BCUT2D eigenvalue weighted by atomic mass is 10.1. The van der Waals surface area contributed by atoms with Crippen LogP contribution in [0.2, 0.25) is 0 Å². The zero-order valence-electron chi connectivity index (χ0n) is 10.5. The van der Waals surface area contributed by atoms with E-state index in [1.807, 2.05) is 0 Å². The van der Waals surface area contributed by atoms with E-state index in [9.17, 15) is 0 Å². The molecule has 0 saturated carbocycles. The summed E-state index contributed by atoms with van der Waals surface area (Å²) in [4.78, 5) is 0. The second-order valence-corrected chi connectivity index (χ2v) is 4.31. The fourth-order valence-corrected chi connectivity index (χ4v) is 1.91. The number of hydrogen-bond donors (Lipinski definition) is 0. The third kappa shape index (κ3) is 3.07. The van der Waals surface area contributed by atoms with E-state index < -0.39 is 0 Å². The van der Waals surface area contributed by atoms with E-state index in [0.29, 0.717) is 0 Å². The molecule has 0 spiro atoms. The maximum atomic E-state index is 2.29. The van der Waals surface area contributed by atoms with E-state index in [2.05, 4.69) is 74.5 Å². The van der Waals surface area contributed by atoms with Crippen molar-refractivity contribution >= 4 is 12.2 Å². The van der Waals surface area contributed by atoms with Gasteiger partial charge < -0.3 is 0 Å². The Balaban J connectivity index is 2.29. The molecule has 0 bridgehead atoms. The van der Waals surface area contributed by atoms with Crippen LogP contribution in [0.4, 0.5) is 0 Å². The van der Waals surface area contributed by atoms with Gasteiger partial charge in [-0.25, -0.2) is 0 Å². The Morgan fingerprint density at radius 2 is 1.53 bits per heavy atom. The normalized spacial score (nSPS) is 13.1. The standard InChI is InChI=1S/C17H18/c1-3-16-6-4-5-7-17(16)13-12-15-10-8-14(2)9-11-15/h3-11,13H,12H2,1-2H3/b16-3-,17-13-. The Bertz CT molecular complexity index is 589. The molecule has 0 aromatic heterocycles. The Kier molecular flexibility index (Phi) is 3.77. The largest absolute Gasteiger partial charge is 0.0798 e. The fourth-order valence-electron chi connectivity index (χ4n) is 1.91. The van der Waals surface area contributed by atoms with Crippen molar-refractivity contribution in [3.8, 4) is 0 Å². The van der Waals surface area contributed by atoms with E-state index >= 15 is 0 Å². The van der Waals surface area contributed by atoms with Gasteiger partial charge in [-0.3, -0.25) is 0 Å². The minimum absolute atomic E-state index is 0.991. The van der Waals surface area contributed by atoms with Crippen LogP contribution in [-0.4, -0.2) is 0 Å². The van der Waals surface area contributed by atoms with E-state index in [-0.39, 0.29) is 0 Å². The van der Waals surface area contributed by atoms with E-state index in [1.54, 1.807) is 0 Å². The lowest BCUT2D eigenvalue weighted by molar-refractivity contribution is 1.30. The van der Waals surface area contributed by atoms with Gasteiger partial charge in [-0.2, -0.15) is 0 Å². The molecule has 17 heavy (non-hydrogen) atoms. The molecular weight excluding hydrogens is 204 g/mol. The highest BCUT2D eigenvalue weighted by molar-refractivity contribution is 5.36. The molecule has 0 heterocycles. The Morgan fingerprint density at radius 1 is 0.882 bits per heavy atom. The highest BCUT2D eigenvalue weighted by Gasteiger charge is 1.89. The SMILES string of the molecule is C/C=c1/cccc/c1=C/Cc1ccc(C)cc1. The molecule has 0 heteroatoms. The monoisotopic (exact) mass is 222 g/mol. The van der Waals surface area contributed by atoms with Crippen LogP contribution in [0.5, 0.6) is 0 Å². The summed E-state index contributed by atoms with van der Waals surface area (Å²) in [5.74, 6) is 0. The number of benzene rings is 2. The van der Waals surface area contributed by atoms with Gasteiger partial charge in [-0.05, 0) is 36.3 Å². The third-order valence-corrected chi connectivity index (χ3v) is 2.99. The first-order valence-electron chi connectivity index (χ1n) is 6.07. The van der Waals surface area contributed by atoms with Crippen molar-refractivity contribution < 1.29 is 0 Å². The van der Waals surface area contributed by atoms with Gasteiger partial charge in [0.25, 0.3) is 0 Å². The van der Waals surface area contributed by atoms with Gasteiger partial charge in [0.15, 0.2) is 0 Å². The zero-order valence-corrected chi connectivity index (χ0v) is 10.5. The molecule has 0 unspecified atom stereocenters. The molecule has 0 atom stereocenters. The van der Waals surface area contributed by atoms with E-state index in [1.165, 1.54) is 21.6 Å². The Labute approximate surface area is 103 Å². The van der Waals surface area contributed by atoms with Crippen LogP contribution in [0.3, 0.4) is 0 Å². The first-order valence-corrected chi connectivity index (χ1v) is 6.07. The molecule has 0 fully saturated rings. The summed E-state index contributed by atoms with van der Waals surface area (Å²) in [7, 11) is 0. The highest BCUT2D eigenvalue weighted by atomic mass is 13.9. The minimum Gasteiger partial charge on any atom is -0.0798 e. The summed E-state index contributed by atoms with van der Waals surface area (Å²) in [6.07, 6.45) is 5.44. The van der Waals surface area contributed by atoms with Crippen LogP contribution < -0.4 is 10.4 Å². The molecule has 0 aliphatic heterocycles. The molecule has 0 aliphatic rings. The quantitative estimate of drug-likeness (QED) is 0.733. The molecule has 0 amide bonds. The molecule has 0 N–H and O–H groups in total. The van der Waals surface area contributed by atoms with Crippen molar-refractivity contribution in [2.24, 2.45) is 0 Å². The van der Waals surface area contributed by atoms with Gasteiger partial charge in [0, 0.05) is 0 Å². The van der Waals surface area contributed by atoms with Gasteiger partial charge in [-0.1, -0.05) is 66.2 Å². The first-order chi connectivity index (χ1) is 8.29. The second-order valence-electron chi connectivity index (χ2n) is 4.31. The average Bonchev–Trinajstić information content (AvgIpc) is 2.38. The van der Waals surface area contributed by atoms with Gasteiger partial charge in [-0.15, -0.1) is 0 Å². The van der Waals surface area contributed by atoms with Crippen molar-refractivity contribution in [1.82, 2.24) is 0 Å². The van der Waals surface area contributed by atoms with Crippen LogP contribution in [0.25, 0.3) is 12.2 Å². The topological polar surface area (TPSA) is 0 Å². The Hall–Kier alpha value is -1.82. The highest BCUT2D eigenvalue weighted by Crippen LogP contribution is 2.03. The summed E-state index contributed by atoms with van der Waals surface area (Å²) >= 11 is 0. The van der Waals surface area contributed by atoms with Crippen LogP contribution in [0.1, 0.15) is 18.1 Å². The van der Waals surface area contributed by atoms with Crippen LogP contribution in [0, 0.1) is 6.92 Å². The van der Waals surface area contributed by atoms with Crippen LogP contribution in [0.15, 0.2) is 48.5 Å². The minimum atomic E-state index is 0.991. The van der Waals surface area contributed by atoms with Crippen LogP contribution >= 0.6 is 0 Å². The summed E-state index contributed by atoms with van der Waals surface area (Å²) in [5.41, 5.74) is 2.68. The van der Waals surface area contributed by atoms with Crippen molar-refractivity contribution in [2.45, 2.75) is 20.3 Å². The summed E-state index contributed by atoms with van der Waals surface area (Å²) in [5, 5.41) is 2.62. The molecule has 0 saturated heterocycles. The predicted molar refractivity (Wildman–Crippen MR) is 75.2 cm³/mol. The average molecular weight is 222 g/mol. The molecule has 2 aromatic rings. The second kappa shape index (κ2) is 5.49. The summed E-state index contributed by atoms with van der Waals surface area (Å²) in [6, 6.07) is 17.2. The van der Waals surface area contributed by atoms with E-state index in [4.69, 9.17) is 0 Å². The van der Waals surface area contributed by atoms with Crippen LogP contribution in [-0.2, 0) is 6.42 Å². The van der Waals surface area contributed by atoms with Gasteiger partial charge in [0.1, 0.15) is 0 Å². The maximum Gasteiger partial charge on any atom is -0.00882 e. The fraction of sp³-hybridized carbons (Fsp3) is 0.176. The molecule has 0 nitrogen and oxygen atoms in total. The van der Waals surface area contributed by atoms with Crippen molar-refractivity contribution in [1.29, 1.82) is 0 Å². The Morgan fingerprint density at radius 3 is 2.18 bits per heavy atom. The molecule has 0 radical (unpaired) electrons.